The van der Waals surface area contributed by atoms with E-state index in [0.29, 0.717) is 5.92 Å². The number of hydrogen-bond acceptors (Lipinski definition) is 3. The summed E-state index contributed by atoms with van der Waals surface area (Å²) >= 11 is 5.48. The van der Waals surface area contributed by atoms with Crippen LogP contribution in [0.25, 0.3) is 0 Å². The highest BCUT2D eigenvalue weighted by atomic mass is 35.5. The zero-order valence-corrected chi connectivity index (χ0v) is 7.66. The van der Waals surface area contributed by atoms with Gasteiger partial charge >= 0.3 is 0 Å². The molecule has 0 aromatic rings. The zero-order chi connectivity index (χ0) is 8.97. The smallest absolute Gasteiger partial charge is 0.179 e. The van der Waals surface area contributed by atoms with Crippen molar-refractivity contribution in [3.63, 3.8) is 0 Å². The van der Waals surface area contributed by atoms with Gasteiger partial charge in [0.2, 0.25) is 0 Å². The SMILES string of the molecule is CC(Cl)ONN=[N+]1CC(CO)C1. The van der Waals surface area contributed by atoms with Crippen molar-refractivity contribution < 1.29 is 14.6 Å². The molecule has 70 valence electrons. The molecule has 0 aliphatic carbocycles. The molecule has 5 nitrogen and oxygen atoms in total. The molecule has 0 saturated carbocycles. The summed E-state index contributed by atoms with van der Waals surface area (Å²) in [5, 5.41) is 12.5. The summed E-state index contributed by atoms with van der Waals surface area (Å²) in [5.74, 6) is 0.351. The van der Waals surface area contributed by atoms with Gasteiger partial charge in [0, 0.05) is 0 Å². The average Bonchev–Trinajstić information content (AvgIpc) is 1.93. The number of hydrogen-bond donors (Lipinski definition) is 2. The molecule has 1 fully saturated rings. The lowest BCUT2D eigenvalue weighted by Crippen LogP contribution is -2.41. The Morgan fingerprint density at radius 1 is 1.83 bits per heavy atom. The first-order valence-corrected chi connectivity index (χ1v) is 4.27. The fraction of sp³-hybridized carbons (Fsp3) is 1.00. The Balaban J connectivity index is 2.07. The third kappa shape index (κ3) is 2.92. The Morgan fingerprint density at radius 3 is 3.00 bits per heavy atom. The van der Waals surface area contributed by atoms with Gasteiger partial charge in [-0.2, -0.15) is 9.53 Å². The molecule has 0 aromatic heterocycles. The highest BCUT2D eigenvalue weighted by Crippen LogP contribution is 2.08. The lowest BCUT2D eigenvalue weighted by atomic mass is 10.1. The van der Waals surface area contributed by atoms with Crippen LogP contribution in [0.4, 0.5) is 0 Å². The Kier molecular flexibility index (Phi) is 3.71. The van der Waals surface area contributed by atoms with Crippen LogP contribution in [0.3, 0.4) is 0 Å². The summed E-state index contributed by atoms with van der Waals surface area (Å²) in [6, 6.07) is 0. The summed E-state index contributed by atoms with van der Waals surface area (Å²) in [6.45, 7) is 3.45. The Labute approximate surface area is 75.9 Å². The maximum atomic E-state index is 8.68. The molecule has 1 unspecified atom stereocenters. The van der Waals surface area contributed by atoms with Gasteiger partial charge in [-0.25, -0.2) is 0 Å². The Morgan fingerprint density at radius 2 is 2.50 bits per heavy atom. The van der Waals surface area contributed by atoms with Gasteiger partial charge in [0.25, 0.3) is 0 Å². The summed E-state index contributed by atoms with van der Waals surface area (Å²) in [5.41, 5.74) is 1.97. The molecular formula is C6H13ClN3O2+. The van der Waals surface area contributed by atoms with Crippen molar-refractivity contribution in [3.8, 4) is 0 Å². The Bertz CT molecular complexity index is 166. The first kappa shape index (κ1) is 9.70. The van der Waals surface area contributed by atoms with E-state index in [1.807, 2.05) is 0 Å². The highest BCUT2D eigenvalue weighted by Gasteiger charge is 2.27. The van der Waals surface area contributed by atoms with Crippen LogP contribution in [0.15, 0.2) is 5.22 Å². The molecule has 1 heterocycles. The van der Waals surface area contributed by atoms with E-state index in [2.05, 4.69) is 10.8 Å². The number of aliphatic hydroxyl groups is 1. The van der Waals surface area contributed by atoms with E-state index < -0.39 is 5.56 Å². The maximum Gasteiger partial charge on any atom is 0.179 e. The second-order valence-corrected chi connectivity index (χ2v) is 3.39. The molecule has 0 aromatic carbocycles. The van der Waals surface area contributed by atoms with Gasteiger partial charge < -0.3 is 5.11 Å². The van der Waals surface area contributed by atoms with Crippen LogP contribution in [-0.2, 0) is 4.84 Å². The van der Waals surface area contributed by atoms with Gasteiger partial charge in [-0.1, -0.05) is 11.6 Å². The summed E-state index contributed by atoms with van der Waals surface area (Å²) in [4.78, 5) is 4.76. The lowest BCUT2D eigenvalue weighted by Gasteiger charge is -2.21. The van der Waals surface area contributed by atoms with Crippen molar-refractivity contribution in [2.45, 2.75) is 12.5 Å². The number of alkyl halides is 1. The van der Waals surface area contributed by atoms with Crippen LogP contribution in [0.1, 0.15) is 6.92 Å². The van der Waals surface area contributed by atoms with Crippen molar-refractivity contribution in [2.75, 3.05) is 19.7 Å². The molecule has 1 aliphatic heterocycles. The first-order chi connectivity index (χ1) is 5.72. The normalized spacial score (nSPS) is 24.6. The van der Waals surface area contributed by atoms with Crippen molar-refractivity contribution >= 4 is 11.6 Å². The van der Waals surface area contributed by atoms with E-state index in [4.69, 9.17) is 21.5 Å². The fourth-order valence-corrected chi connectivity index (χ4v) is 0.934. The number of rotatable bonds is 4. The number of nitrogens with zero attached hydrogens (tertiary/aromatic N) is 2. The second kappa shape index (κ2) is 4.59. The summed E-state index contributed by atoms with van der Waals surface area (Å²) < 4.78 is 1.76. The summed E-state index contributed by atoms with van der Waals surface area (Å²) in [6.07, 6.45) is 0. The minimum absolute atomic E-state index is 0.221. The number of aliphatic hydroxyl groups excluding tert-OH is 1. The predicted octanol–water partition coefficient (Wildman–Crippen LogP) is 0.0942. The zero-order valence-electron chi connectivity index (χ0n) is 6.90. The van der Waals surface area contributed by atoms with Gasteiger partial charge in [0.1, 0.15) is 18.3 Å². The third-order valence-corrected chi connectivity index (χ3v) is 1.68. The predicted molar refractivity (Wildman–Crippen MR) is 42.5 cm³/mol. The van der Waals surface area contributed by atoms with Crippen LogP contribution >= 0.6 is 11.6 Å². The third-order valence-electron chi connectivity index (χ3n) is 1.59. The quantitative estimate of drug-likeness (QED) is 0.379. The van der Waals surface area contributed by atoms with Crippen molar-refractivity contribution in [3.05, 3.63) is 0 Å². The van der Waals surface area contributed by atoms with Crippen LogP contribution in [0.2, 0.25) is 0 Å². The molecule has 6 heteroatoms. The molecule has 2 N–H and O–H groups in total. The minimum Gasteiger partial charge on any atom is -0.396 e. The minimum atomic E-state index is -0.399. The molecule has 1 aliphatic rings. The van der Waals surface area contributed by atoms with Crippen LogP contribution in [0.5, 0.6) is 0 Å². The number of nitrogens with one attached hydrogen (secondary N) is 1. The maximum absolute atomic E-state index is 8.68. The number of halogens is 1. The van der Waals surface area contributed by atoms with E-state index >= 15 is 0 Å². The van der Waals surface area contributed by atoms with Crippen molar-refractivity contribution in [2.24, 2.45) is 11.1 Å². The van der Waals surface area contributed by atoms with Gasteiger partial charge in [0.15, 0.2) is 5.56 Å². The molecule has 1 saturated heterocycles. The van der Waals surface area contributed by atoms with Crippen LogP contribution in [0, 0.1) is 5.92 Å². The molecule has 0 spiro atoms. The van der Waals surface area contributed by atoms with E-state index in [9.17, 15) is 0 Å². The molecule has 0 radical (unpaired) electrons. The molecule has 0 amide bonds. The lowest BCUT2D eigenvalue weighted by molar-refractivity contribution is -0.671. The van der Waals surface area contributed by atoms with Crippen molar-refractivity contribution in [1.82, 2.24) is 5.59 Å². The largest absolute Gasteiger partial charge is 0.396 e. The second-order valence-electron chi connectivity index (χ2n) is 2.77. The van der Waals surface area contributed by atoms with Crippen LogP contribution < -0.4 is 5.59 Å². The van der Waals surface area contributed by atoms with Crippen LogP contribution in [-0.4, -0.2) is 35.1 Å². The highest BCUT2D eigenvalue weighted by molar-refractivity contribution is 6.19. The fourth-order valence-electron chi connectivity index (χ4n) is 0.894. The van der Waals surface area contributed by atoms with E-state index in [0.717, 1.165) is 13.1 Å². The van der Waals surface area contributed by atoms with Gasteiger partial charge in [-0.3, -0.25) is 0 Å². The molecule has 1 rings (SSSR count). The van der Waals surface area contributed by atoms with E-state index in [-0.39, 0.29) is 6.61 Å². The topological polar surface area (TPSA) is 56.9 Å². The monoisotopic (exact) mass is 194 g/mol. The molecule has 0 bridgehead atoms. The Hall–Kier alpha value is -0.390. The first-order valence-electron chi connectivity index (χ1n) is 3.83. The van der Waals surface area contributed by atoms with Gasteiger partial charge in [-0.15, -0.1) is 0 Å². The van der Waals surface area contributed by atoms with E-state index in [1.54, 1.807) is 11.6 Å². The summed E-state index contributed by atoms with van der Waals surface area (Å²) in [7, 11) is 0. The average molecular weight is 195 g/mol. The standard InChI is InChI=1S/C6H12ClN3O2/c1-5(7)12-9-8-10-2-6(3-10)4-11/h5-6,11H,2-4H2,1H3/p+1. The van der Waals surface area contributed by atoms with Gasteiger partial charge in [0.05, 0.1) is 12.5 Å². The molecule has 1 atom stereocenters. The van der Waals surface area contributed by atoms with E-state index in [1.165, 1.54) is 0 Å². The molecule has 12 heavy (non-hydrogen) atoms. The molecular weight excluding hydrogens is 182 g/mol. The van der Waals surface area contributed by atoms with Crippen molar-refractivity contribution in [1.29, 1.82) is 0 Å². The van der Waals surface area contributed by atoms with Gasteiger partial charge in [-0.05, 0) is 12.5 Å².